The molecule has 2 rings (SSSR count). The average molecular weight is 319 g/mol. The molecule has 126 valence electrons. The highest BCUT2D eigenvalue weighted by Crippen LogP contribution is 2.11. The zero-order valence-corrected chi connectivity index (χ0v) is 13.6. The fourth-order valence-electron chi connectivity index (χ4n) is 2.48. The maximum atomic E-state index is 9.95. The van der Waals surface area contributed by atoms with Gasteiger partial charge in [-0.05, 0) is 30.8 Å². The maximum Gasteiger partial charge on any atom is 0.119 e. The number of nitrogens with one attached hydrogen (secondary N) is 1. The van der Waals surface area contributed by atoms with Crippen LogP contribution in [0.1, 0.15) is 12.5 Å². The molecule has 1 aliphatic rings. The van der Waals surface area contributed by atoms with Gasteiger partial charge >= 0.3 is 0 Å². The van der Waals surface area contributed by atoms with E-state index in [4.69, 9.17) is 14.7 Å². The van der Waals surface area contributed by atoms with E-state index in [0.717, 1.165) is 32.8 Å². The highest BCUT2D eigenvalue weighted by molar-refractivity contribution is 5.34. The highest BCUT2D eigenvalue weighted by Gasteiger charge is 2.19. The summed E-state index contributed by atoms with van der Waals surface area (Å²) < 4.78 is 11.2. The number of rotatable bonds is 8. The predicted octanol–water partition coefficient (Wildman–Crippen LogP) is 0.608. The fourth-order valence-corrected chi connectivity index (χ4v) is 2.48. The van der Waals surface area contributed by atoms with Crippen molar-refractivity contribution in [2.45, 2.75) is 19.1 Å². The monoisotopic (exact) mass is 319 g/mol. The Hall–Kier alpha value is -1.65. The number of ether oxygens (including phenoxy) is 2. The van der Waals surface area contributed by atoms with Gasteiger partial charge in [0.2, 0.25) is 0 Å². The molecule has 0 spiro atoms. The van der Waals surface area contributed by atoms with Crippen molar-refractivity contribution >= 4 is 0 Å². The smallest absolute Gasteiger partial charge is 0.119 e. The van der Waals surface area contributed by atoms with Crippen LogP contribution in [0.4, 0.5) is 0 Å². The fraction of sp³-hybridized carbons (Fsp3) is 0.588. The summed E-state index contributed by atoms with van der Waals surface area (Å²) in [6.45, 7) is 7.29. The molecule has 6 nitrogen and oxygen atoms in total. The molecule has 1 aromatic rings. The van der Waals surface area contributed by atoms with E-state index < -0.39 is 6.10 Å². The Morgan fingerprint density at radius 2 is 2.26 bits per heavy atom. The second-order valence-corrected chi connectivity index (χ2v) is 5.65. The molecule has 0 aliphatic carbocycles. The first-order chi connectivity index (χ1) is 11.2. The lowest BCUT2D eigenvalue weighted by Crippen LogP contribution is -2.47. The van der Waals surface area contributed by atoms with Crippen LogP contribution in [0.15, 0.2) is 24.3 Å². The van der Waals surface area contributed by atoms with Crippen LogP contribution in [-0.4, -0.2) is 68.2 Å². The summed E-state index contributed by atoms with van der Waals surface area (Å²) >= 11 is 0. The van der Waals surface area contributed by atoms with E-state index in [2.05, 4.69) is 23.2 Å². The lowest BCUT2D eigenvalue weighted by atomic mass is 10.2. The summed E-state index contributed by atoms with van der Waals surface area (Å²) in [6, 6.07) is 8.90. The van der Waals surface area contributed by atoms with E-state index in [0.29, 0.717) is 17.9 Å². The van der Waals surface area contributed by atoms with Gasteiger partial charge in [-0.15, -0.1) is 0 Å². The van der Waals surface area contributed by atoms with E-state index in [1.54, 1.807) is 24.3 Å². The Kier molecular flexibility index (Phi) is 7.30. The summed E-state index contributed by atoms with van der Waals surface area (Å²) in [5.74, 6) is 0.650. The van der Waals surface area contributed by atoms with Gasteiger partial charge in [0.05, 0.1) is 24.3 Å². The van der Waals surface area contributed by atoms with Crippen LogP contribution < -0.4 is 10.1 Å². The van der Waals surface area contributed by atoms with Crippen LogP contribution in [0.3, 0.4) is 0 Å². The predicted molar refractivity (Wildman–Crippen MR) is 87.4 cm³/mol. The molecule has 2 N–H and O–H groups in total. The first-order valence-electron chi connectivity index (χ1n) is 8.07. The van der Waals surface area contributed by atoms with Crippen molar-refractivity contribution in [3.8, 4) is 11.8 Å². The molecule has 0 radical (unpaired) electrons. The standard InChI is InChI=1S/C17H25N3O3/c1-2-20-7-8-22-17(12-20)11-19-10-15(21)13-23-16-5-3-14(9-18)4-6-16/h3-6,15,17,19,21H,2,7-8,10-13H2,1H3/t15-,17-/m1/s1. The molecule has 2 atom stereocenters. The van der Waals surface area contributed by atoms with Crippen molar-refractivity contribution in [2.24, 2.45) is 0 Å². The number of benzene rings is 1. The lowest BCUT2D eigenvalue weighted by Gasteiger charge is -2.32. The van der Waals surface area contributed by atoms with E-state index in [1.165, 1.54) is 0 Å². The Morgan fingerprint density at radius 3 is 2.96 bits per heavy atom. The molecule has 1 fully saturated rings. The summed E-state index contributed by atoms with van der Waals surface area (Å²) in [4.78, 5) is 2.36. The Labute approximate surface area is 137 Å². The molecule has 0 saturated carbocycles. The van der Waals surface area contributed by atoms with Gasteiger partial charge < -0.3 is 19.9 Å². The van der Waals surface area contributed by atoms with Gasteiger partial charge in [-0.25, -0.2) is 0 Å². The molecule has 0 amide bonds. The number of morpholine rings is 1. The quantitative estimate of drug-likeness (QED) is 0.731. The molecule has 1 heterocycles. The zero-order chi connectivity index (χ0) is 16.5. The molecule has 1 saturated heterocycles. The molecule has 6 heteroatoms. The Bertz CT molecular complexity index is 501. The topological polar surface area (TPSA) is 77.8 Å². The lowest BCUT2D eigenvalue weighted by molar-refractivity contribution is -0.0266. The van der Waals surface area contributed by atoms with Crippen LogP contribution in [0.2, 0.25) is 0 Å². The number of aliphatic hydroxyl groups excluding tert-OH is 1. The number of aliphatic hydroxyl groups is 1. The van der Waals surface area contributed by atoms with Crippen molar-refractivity contribution in [3.63, 3.8) is 0 Å². The molecule has 0 unspecified atom stereocenters. The molecular formula is C17H25N3O3. The summed E-state index contributed by atoms with van der Waals surface area (Å²) in [5, 5.41) is 21.9. The van der Waals surface area contributed by atoms with Crippen LogP contribution in [0.5, 0.6) is 5.75 Å². The Balaban J connectivity index is 1.61. The van der Waals surface area contributed by atoms with Crippen LogP contribution in [0, 0.1) is 11.3 Å². The zero-order valence-electron chi connectivity index (χ0n) is 13.6. The molecular weight excluding hydrogens is 294 g/mol. The second-order valence-electron chi connectivity index (χ2n) is 5.65. The molecule has 0 bridgehead atoms. The van der Waals surface area contributed by atoms with Gasteiger partial charge in [0.1, 0.15) is 18.5 Å². The first-order valence-corrected chi connectivity index (χ1v) is 8.07. The van der Waals surface area contributed by atoms with Gasteiger partial charge in [-0.3, -0.25) is 4.90 Å². The van der Waals surface area contributed by atoms with E-state index in [-0.39, 0.29) is 12.7 Å². The molecule has 1 aliphatic heterocycles. The van der Waals surface area contributed by atoms with E-state index in [1.807, 2.05) is 0 Å². The van der Waals surface area contributed by atoms with Crippen molar-refractivity contribution in [1.29, 1.82) is 5.26 Å². The number of hydrogen-bond donors (Lipinski definition) is 2. The van der Waals surface area contributed by atoms with Crippen molar-refractivity contribution in [1.82, 2.24) is 10.2 Å². The van der Waals surface area contributed by atoms with Gasteiger partial charge in [-0.2, -0.15) is 5.26 Å². The SMILES string of the molecule is CCN1CCO[C@H](CNC[C@@H](O)COc2ccc(C#N)cc2)C1. The molecule has 23 heavy (non-hydrogen) atoms. The van der Waals surface area contributed by atoms with Crippen LogP contribution in [-0.2, 0) is 4.74 Å². The van der Waals surface area contributed by atoms with E-state index >= 15 is 0 Å². The normalized spacial score (nSPS) is 20.0. The van der Waals surface area contributed by atoms with Gasteiger partial charge in [0.15, 0.2) is 0 Å². The van der Waals surface area contributed by atoms with Crippen LogP contribution in [0.25, 0.3) is 0 Å². The third-order valence-electron chi connectivity index (χ3n) is 3.85. The van der Waals surface area contributed by atoms with Crippen molar-refractivity contribution < 1.29 is 14.6 Å². The third-order valence-corrected chi connectivity index (χ3v) is 3.85. The highest BCUT2D eigenvalue weighted by atomic mass is 16.5. The minimum atomic E-state index is -0.587. The molecule has 1 aromatic carbocycles. The number of nitrogens with zero attached hydrogens (tertiary/aromatic N) is 2. The minimum absolute atomic E-state index is 0.176. The maximum absolute atomic E-state index is 9.95. The largest absolute Gasteiger partial charge is 0.491 e. The number of likely N-dealkylation sites (N-methyl/N-ethyl adjacent to an activating group) is 1. The summed E-state index contributed by atoms with van der Waals surface area (Å²) in [5.41, 5.74) is 0.591. The number of hydrogen-bond acceptors (Lipinski definition) is 6. The summed E-state index contributed by atoms with van der Waals surface area (Å²) in [6.07, 6.45) is -0.410. The second kappa shape index (κ2) is 9.48. The Morgan fingerprint density at radius 1 is 1.48 bits per heavy atom. The number of nitriles is 1. The van der Waals surface area contributed by atoms with Gasteiger partial charge in [0.25, 0.3) is 0 Å². The van der Waals surface area contributed by atoms with Gasteiger partial charge in [0, 0.05) is 26.2 Å². The van der Waals surface area contributed by atoms with Crippen molar-refractivity contribution in [2.75, 3.05) is 45.9 Å². The third kappa shape index (κ3) is 6.16. The molecule has 0 aromatic heterocycles. The summed E-state index contributed by atoms with van der Waals surface area (Å²) in [7, 11) is 0. The minimum Gasteiger partial charge on any atom is -0.491 e. The van der Waals surface area contributed by atoms with E-state index in [9.17, 15) is 5.11 Å². The first kappa shape index (κ1) is 17.7. The van der Waals surface area contributed by atoms with Crippen LogP contribution >= 0.6 is 0 Å². The van der Waals surface area contributed by atoms with Gasteiger partial charge in [-0.1, -0.05) is 6.92 Å². The van der Waals surface area contributed by atoms with Crippen molar-refractivity contribution in [3.05, 3.63) is 29.8 Å². The average Bonchev–Trinajstić information content (AvgIpc) is 2.60.